The van der Waals surface area contributed by atoms with E-state index in [0.29, 0.717) is 12.1 Å². The zero-order valence-electron chi connectivity index (χ0n) is 14.3. The van der Waals surface area contributed by atoms with Crippen molar-refractivity contribution in [2.75, 3.05) is 13.1 Å². The molecule has 1 aromatic carbocycles. The average Bonchev–Trinajstić information content (AvgIpc) is 3.37. The zero-order valence-corrected chi connectivity index (χ0v) is 15.1. The predicted molar refractivity (Wildman–Crippen MR) is 100 cm³/mol. The maximum absolute atomic E-state index is 12.5. The highest BCUT2D eigenvalue weighted by Crippen LogP contribution is 2.17. The van der Waals surface area contributed by atoms with Gasteiger partial charge in [0.05, 0.1) is 10.5 Å². The summed E-state index contributed by atoms with van der Waals surface area (Å²) in [4.78, 5) is 17.3. The number of benzene rings is 1. The lowest BCUT2D eigenvalue weighted by molar-refractivity contribution is 0.0950. The fourth-order valence-corrected chi connectivity index (χ4v) is 4.32. The van der Waals surface area contributed by atoms with E-state index in [4.69, 9.17) is 0 Å². The molecule has 0 saturated carbocycles. The van der Waals surface area contributed by atoms with Crippen LogP contribution >= 0.6 is 0 Å². The van der Waals surface area contributed by atoms with E-state index in [9.17, 15) is 9.00 Å². The number of fused-ring (bicyclic) bond motifs is 1. The van der Waals surface area contributed by atoms with Gasteiger partial charge in [-0.25, -0.2) is 13.5 Å². The van der Waals surface area contributed by atoms with Gasteiger partial charge < -0.3 is 9.72 Å². The minimum Gasteiger partial charge on any atom is -0.348 e. The third-order valence-electron chi connectivity index (χ3n) is 4.53. The predicted octanol–water partition coefficient (Wildman–Crippen LogP) is 2.38. The molecule has 0 spiro atoms. The van der Waals surface area contributed by atoms with Crippen LogP contribution in [0.1, 0.15) is 28.8 Å². The standard InChI is InChI=1S/C19H20N4O2S/c24-19(16-5-8-18-20-9-12-22(18)14-16)21-13-15-3-6-17(7-4-15)26(25)23-10-1-2-11-23/h3-9,12,14H,1-2,10-11,13H2,(H,21,24). The first-order valence-electron chi connectivity index (χ1n) is 8.67. The second-order valence-electron chi connectivity index (χ2n) is 6.32. The smallest absolute Gasteiger partial charge is 0.253 e. The Kier molecular flexibility index (Phi) is 4.81. The van der Waals surface area contributed by atoms with Crippen molar-refractivity contribution in [1.29, 1.82) is 0 Å². The summed E-state index contributed by atoms with van der Waals surface area (Å²) in [6, 6.07) is 11.2. The van der Waals surface area contributed by atoms with Crippen molar-refractivity contribution in [1.82, 2.24) is 19.0 Å². The molecule has 6 nitrogen and oxygen atoms in total. The lowest BCUT2D eigenvalue weighted by Gasteiger charge is -2.14. The molecule has 26 heavy (non-hydrogen) atoms. The molecular weight excluding hydrogens is 348 g/mol. The lowest BCUT2D eigenvalue weighted by Crippen LogP contribution is -2.23. The molecule has 1 atom stereocenters. The quantitative estimate of drug-likeness (QED) is 0.752. The van der Waals surface area contributed by atoms with E-state index in [-0.39, 0.29) is 5.91 Å². The molecule has 134 valence electrons. The molecule has 2 aromatic heterocycles. The van der Waals surface area contributed by atoms with Crippen LogP contribution in [0.15, 0.2) is 59.9 Å². The summed E-state index contributed by atoms with van der Waals surface area (Å²) >= 11 is 0. The molecule has 7 heteroatoms. The van der Waals surface area contributed by atoms with Gasteiger partial charge in [-0.15, -0.1) is 0 Å². The number of amides is 1. The highest BCUT2D eigenvalue weighted by Gasteiger charge is 2.19. The number of hydrogen-bond donors (Lipinski definition) is 1. The van der Waals surface area contributed by atoms with Gasteiger partial charge >= 0.3 is 0 Å². The Morgan fingerprint density at radius 1 is 1.12 bits per heavy atom. The van der Waals surface area contributed by atoms with Crippen molar-refractivity contribution >= 4 is 22.5 Å². The highest BCUT2D eigenvalue weighted by atomic mass is 32.2. The fraction of sp³-hybridized carbons (Fsp3) is 0.263. The molecule has 3 aromatic rings. The number of nitrogens with zero attached hydrogens (tertiary/aromatic N) is 3. The van der Waals surface area contributed by atoms with Gasteiger partial charge in [-0.05, 0) is 42.7 Å². The molecule has 1 amide bonds. The molecule has 0 bridgehead atoms. The Morgan fingerprint density at radius 3 is 2.65 bits per heavy atom. The number of pyridine rings is 1. The summed E-state index contributed by atoms with van der Waals surface area (Å²) in [6.07, 6.45) is 7.50. The molecule has 1 unspecified atom stereocenters. The van der Waals surface area contributed by atoms with Crippen LogP contribution in [0.5, 0.6) is 0 Å². The number of rotatable bonds is 5. The van der Waals surface area contributed by atoms with Crippen molar-refractivity contribution in [2.45, 2.75) is 24.3 Å². The molecule has 4 rings (SSSR count). The molecule has 1 saturated heterocycles. The normalized spacial score (nSPS) is 16.0. The van der Waals surface area contributed by atoms with Crippen LogP contribution in [-0.2, 0) is 17.5 Å². The van der Waals surface area contributed by atoms with Gasteiger partial charge in [-0.2, -0.15) is 0 Å². The van der Waals surface area contributed by atoms with Crippen LogP contribution in [0.2, 0.25) is 0 Å². The fourth-order valence-electron chi connectivity index (χ4n) is 3.07. The van der Waals surface area contributed by atoms with Gasteiger partial charge in [0.25, 0.3) is 5.91 Å². The van der Waals surface area contributed by atoms with E-state index in [2.05, 4.69) is 10.3 Å². The van der Waals surface area contributed by atoms with Crippen molar-refractivity contribution in [3.05, 3.63) is 66.1 Å². The summed E-state index contributed by atoms with van der Waals surface area (Å²) in [5, 5.41) is 2.92. The van der Waals surface area contributed by atoms with Crippen LogP contribution in [0.25, 0.3) is 5.65 Å². The van der Waals surface area contributed by atoms with Crippen LogP contribution in [-0.4, -0.2) is 36.9 Å². The second kappa shape index (κ2) is 7.39. The number of nitrogens with one attached hydrogen (secondary N) is 1. The lowest BCUT2D eigenvalue weighted by atomic mass is 10.2. The average molecular weight is 368 g/mol. The summed E-state index contributed by atoms with van der Waals surface area (Å²) in [6.45, 7) is 2.22. The first-order valence-corrected chi connectivity index (χ1v) is 9.78. The summed E-state index contributed by atoms with van der Waals surface area (Å²) in [7, 11) is -1.08. The van der Waals surface area contributed by atoms with Gasteiger partial charge in [0.2, 0.25) is 0 Å². The van der Waals surface area contributed by atoms with Crippen molar-refractivity contribution < 1.29 is 9.00 Å². The topological polar surface area (TPSA) is 66.7 Å². The Morgan fingerprint density at radius 2 is 1.88 bits per heavy atom. The van der Waals surface area contributed by atoms with Crippen molar-refractivity contribution in [3.8, 4) is 0 Å². The Labute approximate surface area is 154 Å². The van der Waals surface area contributed by atoms with E-state index in [1.54, 1.807) is 18.5 Å². The van der Waals surface area contributed by atoms with E-state index in [1.165, 1.54) is 0 Å². The Bertz CT molecular complexity index is 946. The molecule has 0 radical (unpaired) electrons. The maximum atomic E-state index is 12.5. The van der Waals surface area contributed by atoms with E-state index in [0.717, 1.165) is 42.0 Å². The van der Waals surface area contributed by atoms with E-state index >= 15 is 0 Å². The molecule has 1 fully saturated rings. The SMILES string of the molecule is O=C(NCc1ccc(S(=O)N2CCCC2)cc1)c1ccc2nccn2c1. The Balaban J connectivity index is 1.38. The highest BCUT2D eigenvalue weighted by molar-refractivity contribution is 7.82. The second-order valence-corrected chi connectivity index (χ2v) is 7.81. The third kappa shape index (κ3) is 3.54. The largest absolute Gasteiger partial charge is 0.348 e. The Hall–Kier alpha value is -2.51. The molecule has 0 aliphatic carbocycles. The molecule has 3 heterocycles. The van der Waals surface area contributed by atoms with Crippen LogP contribution < -0.4 is 5.32 Å². The van der Waals surface area contributed by atoms with Crippen molar-refractivity contribution in [3.63, 3.8) is 0 Å². The maximum Gasteiger partial charge on any atom is 0.253 e. The number of carbonyl (C=O) groups is 1. The molecule has 1 N–H and O–H groups in total. The molecule has 1 aliphatic rings. The van der Waals surface area contributed by atoms with E-state index < -0.39 is 11.0 Å². The first kappa shape index (κ1) is 16.9. The zero-order chi connectivity index (χ0) is 17.9. The van der Waals surface area contributed by atoms with Gasteiger partial charge in [0.1, 0.15) is 16.6 Å². The monoisotopic (exact) mass is 368 g/mol. The molecule has 1 aliphatic heterocycles. The summed E-state index contributed by atoms with van der Waals surface area (Å²) < 4.78 is 16.3. The summed E-state index contributed by atoms with van der Waals surface area (Å²) in [5.74, 6) is -0.134. The van der Waals surface area contributed by atoms with Gasteiger partial charge in [0.15, 0.2) is 0 Å². The van der Waals surface area contributed by atoms with Crippen LogP contribution in [0.4, 0.5) is 0 Å². The van der Waals surface area contributed by atoms with E-state index in [1.807, 2.05) is 45.2 Å². The van der Waals surface area contributed by atoms with Gasteiger partial charge in [0, 0.05) is 38.2 Å². The first-order chi connectivity index (χ1) is 12.7. The number of aromatic nitrogens is 2. The number of imidazole rings is 1. The van der Waals surface area contributed by atoms with Crippen LogP contribution in [0.3, 0.4) is 0 Å². The molecular formula is C19H20N4O2S. The van der Waals surface area contributed by atoms with Gasteiger partial charge in [-0.3, -0.25) is 4.79 Å². The van der Waals surface area contributed by atoms with Gasteiger partial charge in [-0.1, -0.05) is 12.1 Å². The minimum atomic E-state index is -1.08. The summed E-state index contributed by atoms with van der Waals surface area (Å²) in [5.41, 5.74) is 2.37. The van der Waals surface area contributed by atoms with Crippen LogP contribution in [0, 0.1) is 0 Å². The minimum absolute atomic E-state index is 0.134. The van der Waals surface area contributed by atoms with Crippen molar-refractivity contribution in [2.24, 2.45) is 0 Å². The third-order valence-corrected chi connectivity index (χ3v) is 6.04. The number of carbonyl (C=O) groups excluding carboxylic acids is 1. The number of hydrogen-bond acceptors (Lipinski definition) is 3.